The Morgan fingerprint density at radius 2 is 2.22 bits per heavy atom. The van der Waals surface area contributed by atoms with Crippen molar-refractivity contribution in [1.29, 1.82) is 0 Å². The van der Waals surface area contributed by atoms with Gasteiger partial charge in [-0.2, -0.15) is 0 Å². The fraction of sp³-hybridized carbons (Fsp3) is 0.500. The van der Waals surface area contributed by atoms with E-state index in [2.05, 4.69) is 5.32 Å². The van der Waals surface area contributed by atoms with E-state index in [1.165, 1.54) is 0 Å². The van der Waals surface area contributed by atoms with Gasteiger partial charge in [0, 0.05) is 5.88 Å². The van der Waals surface area contributed by atoms with Crippen LogP contribution in [0.25, 0.3) is 0 Å². The number of carbonyl (C=O) groups excluding carboxylic acids is 1. The zero-order valence-corrected chi connectivity index (χ0v) is 11.2. The van der Waals surface area contributed by atoms with Crippen LogP contribution in [0.3, 0.4) is 0 Å². The first kappa shape index (κ1) is 13.4. The number of alkyl halides is 1. The van der Waals surface area contributed by atoms with Crippen LogP contribution in [0.5, 0.6) is 0 Å². The predicted octanol–water partition coefficient (Wildman–Crippen LogP) is 2.51. The molecule has 1 heterocycles. The van der Waals surface area contributed by atoms with Crippen molar-refractivity contribution in [2.24, 2.45) is 5.92 Å². The van der Waals surface area contributed by atoms with Crippen molar-refractivity contribution in [2.75, 3.05) is 12.5 Å². The number of hydrogen-bond acceptors (Lipinski definition) is 2. The van der Waals surface area contributed by atoms with Gasteiger partial charge in [-0.25, -0.2) is 0 Å². The van der Waals surface area contributed by atoms with E-state index in [1.54, 1.807) is 0 Å². The molecule has 0 spiro atoms. The summed E-state index contributed by atoms with van der Waals surface area (Å²) in [6.45, 7) is 2.50. The SMILES string of the molecule is CC1CC(C(=O)NC(CCl)c2ccccc2)CO1. The first-order valence-electron chi connectivity index (χ1n) is 6.23. The molecule has 1 aromatic carbocycles. The number of halogens is 1. The molecule has 0 radical (unpaired) electrons. The lowest BCUT2D eigenvalue weighted by Crippen LogP contribution is -2.35. The fourth-order valence-electron chi connectivity index (χ4n) is 2.19. The minimum atomic E-state index is -0.128. The van der Waals surface area contributed by atoms with Crippen LogP contribution in [0, 0.1) is 5.92 Å². The number of benzene rings is 1. The zero-order chi connectivity index (χ0) is 13.0. The normalized spacial score (nSPS) is 24.8. The second kappa shape index (κ2) is 6.21. The van der Waals surface area contributed by atoms with Crippen LogP contribution in [0.1, 0.15) is 24.9 Å². The van der Waals surface area contributed by atoms with Crippen LogP contribution in [0.2, 0.25) is 0 Å². The molecular formula is C14H18ClNO2. The van der Waals surface area contributed by atoms with E-state index >= 15 is 0 Å². The molecule has 0 aliphatic carbocycles. The van der Waals surface area contributed by atoms with Crippen LogP contribution in [-0.4, -0.2) is 24.5 Å². The van der Waals surface area contributed by atoms with Gasteiger partial charge in [0.1, 0.15) is 0 Å². The molecule has 4 heteroatoms. The number of carbonyl (C=O) groups is 1. The molecule has 3 nitrogen and oxygen atoms in total. The van der Waals surface area contributed by atoms with Gasteiger partial charge in [-0.05, 0) is 18.9 Å². The van der Waals surface area contributed by atoms with Crippen molar-refractivity contribution in [3.8, 4) is 0 Å². The lowest BCUT2D eigenvalue weighted by Gasteiger charge is -2.18. The molecular weight excluding hydrogens is 250 g/mol. The van der Waals surface area contributed by atoms with Crippen molar-refractivity contribution in [3.05, 3.63) is 35.9 Å². The Morgan fingerprint density at radius 1 is 1.50 bits per heavy atom. The monoisotopic (exact) mass is 267 g/mol. The molecule has 1 saturated heterocycles. The molecule has 0 saturated carbocycles. The highest BCUT2D eigenvalue weighted by Gasteiger charge is 2.29. The Labute approximate surface area is 112 Å². The maximum atomic E-state index is 12.1. The van der Waals surface area contributed by atoms with Crippen molar-refractivity contribution in [3.63, 3.8) is 0 Å². The van der Waals surface area contributed by atoms with Crippen LogP contribution >= 0.6 is 11.6 Å². The molecule has 1 aliphatic rings. The smallest absolute Gasteiger partial charge is 0.226 e. The number of amides is 1. The van der Waals surface area contributed by atoms with Gasteiger partial charge in [-0.3, -0.25) is 4.79 Å². The summed E-state index contributed by atoms with van der Waals surface area (Å²) in [4.78, 5) is 12.1. The summed E-state index contributed by atoms with van der Waals surface area (Å²) in [7, 11) is 0. The van der Waals surface area contributed by atoms with Gasteiger partial charge in [-0.15, -0.1) is 11.6 Å². The summed E-state index contributed by atoms with van der Waals surface area (Å²) in [5, 5.41) is 2.99. The van der Waals surface area contributed by atoms with E-state index in [0.29, 0.717) is 12.5 Å². The Hall–Kier alpha value is -1.06. The van der Waals surface area contributed by atoms with Crippen LogP contribution in [0.15, 0.2) is 30.3 Å². The average molecular weight is 268 g/mol. The van der Waals surface area contributed by atoms with Gasteiger partial charge in [-0.1, -0.05) is 30.3 Å². The summed E-state index contributed by atoms with van der Waals surface area (Å²) in [5.74, 6) is 0.363. The van der Waals surface area contributed by atoms with Crippen molar-refractivity contribution >= 4 is 17.5 Å². The highest BCUT2D eigenvalue weighted by atomic mass is 35.5. The van der Waals surface area contributed by atoms with Crippen molar-refractivity contribution in [2.45, 2.75) is 25.5 Å². The molecule has 1 N–H and O–H groups in total. The van der Waals surface area contributed by atoms with Crippen LogP contribution in [0.4, 0.5) is 0 Å². The number of nitrogens with one attached hydrogen (secondary N) is 1. The highest BCUT2D eigenvalue weighted by Crippen LogP contribution is 2.21. The van der Waals surface area contributed by atoms with Crippen molar-refractivity contribution < 1.29 is 9.53 Å². The maximum absolute atomic E-state index is 12.1. The van der Waals surface area contributed by atoms with Crippen molar-refractivity contribution in [1.82, 2.24) is 5.32 Å². The largest absolute Gasteiger partial charge is 0.378 e. The van der Waals surface area contributed by atoms with E-state index in [1.807, 2.05) is 37.3 Å². The first-order valence-corrected chi connectivity index (χ1v) is 6.77. The summed E-state index contributed by atoms with van der Waals surface area (Å²) >= 11 is 5.94. The minimum Gasteiger partial charge on any atom is -0.378 e. The number of ether oxygens (including phenoxy) is 1. The maximum Gasteiger partial charge on any atom is 0.226 e. The van der Waals surface area contributed by atoms with Gasteiger partial charge < -0.3 is 10.1 Å². The first-order chi connectivity index (χ1) is 8.70. The topological polar surface area (TPSA) is 38.3 Å². The molecule has 98 valence electrons. The Morgan fingerprint density at radius 3 is 2.78 bits per heavy atom. The molecule has 0 aromatic heterocycles. The number of rotatable bonds is 4. The predicted molar refractivity (Wildman–Crippen MR) is 71.6 cm³/mol. The van der Waals surface area contributed by atoms with E-state index in [9.17, 15) is 4.79 Å². The summed E-state index contributed by atoms with van der Waals surface area (Å²) in [6, 6.07) is 9.66. The van der Waals surface area contributed by atoms with E-state index in [-0.39, 0.29) is 24.0 Å². The zero-order valence-electron chi connectivity index (χ0n) is 10.4. The lowest BCUT2D eigenvalue weighted by atomic mass is 10.0. The van der Waals surface area contributed by atoms with Crippen LogP contribution < -0.4 is 5.32 Å². The van der Waals surface area contributed by atoms with E-state index < -0.39 is 0 Å². The third-order valence-corrected chi connectivity index (χ3v) is 3.55. The standard InChI is InChI=1S/C14H18ClNO2/c1-10-7-12(9-18-10)14(17)16-13(8-15)11-5-3-2-4-6-11/h2-6,10,12-13H,7-9H2,1H3,(H,16,17). The quantitative estimate of drug-likeness (QED) is 0.852. The van der Waals surface area contributed by atoms with E-state index in [4.69, 9.17) is 16.3 Å². The molecule has 1 amide bonds. The lowest BCUT2D eigenvalue weighted by molar-refractivity contribution is -0.125. The molecule has 3 atom stereocenters. The summed E-state index contributed by atoms with van der Waals surface area (Å²) in [6.07, 6.45) is 0.960. The van der Waals surface area contributed by atoms with Gasteiger partial charge in [0.05, 0.1) is 24.7 Å². The third kappa shape index (κ3) is 3.24. The average Bonchev–Trinajstić information content (AvgIpc) is 2.83. The fourth-order valence-corrected chi connectivity index (χ4v) is 2.44. The minimum absolute atomic E-state index is 0.0360. The molecule has 18 heavy (non-hydrogen) atoms. The molecule has 1 aromatic rings. The molecule has 1 fully saturated rings. The second-order valence-corrected chi connectivity index (χ2v) is 5.01. The summed E-state index contributed by atoms with van der Waals surface area (Å²) in [5.41, 5.74) is 1.04. The molecule has 2 rings (SSSR count). The number of hydrogen-bond donors (Lipinski definition) is 1. The Bertz CT molecular complexity index is 396. The van der Waals surface area contributed by atoms with Gasteiger partial charge >= 0.3 is 0 Å². The van der Waals surface area contributed by atoms with E-state index in [0.717, 1.165) is 12.0 Å². The van der Waals surface area contributed by atoms with Gasteiger partial charge in [0.25, 0.3) is 0 Å². The highest BCUT2D eigenvalue weighted by molar-refractivity contribution is 6.18. The third-order valence-electron chi connectivity index (χ3n) is 3.24. The molecule has 1 aliphatic heterocycles. The second-order valence-electron chi connectivity index (χ2n) is 4.70. The Balaban J connectivity index is 1.96. The molecule has 0 bridgehead atoms. The Kier molecular flexibility index (Phi) is 4.61. The van der Waals surface area contributed by atoms with Gasteiger partial charge in [0.15, 0.2) is 0 Å². The van der Waals surface area contributed by atoms with Gasteiger partial charge in [0.2, 0.25) is 5.91 Å². The molecule has 3 unspecified atom stereocenters. The van der Waals surface area contributed by atoms with Crippen LogP contribution in [-0.2, 0) is 9.53 Å². The summed E-state index contributed by atoms with van der Waals surface area (Å²) < 4.78 is 5.41.